The fourth-order valence-corrected chi connectivity index (χ4v) is 5.55. The predicted octanol–water partition coefficient (Wildman–Crippen LogP) is 5.40. The van der Waals surface area contributed by atoms with Gasteiger partial charge in [0.25, 0.3) is 5.91 Å². The minimum atomic E-state index is -0.134. The number of amides is 2. The van der Waals surface area contributed by atoms with Crippen LogP contribution in [0.1, 0.15) is 16.7 Å². The van der Waals surface area contributed by atoms with Gasteiger partial charge in [-0.3, -0.25) is 19.4 Å². The van der Waals surface area contributed by atoms with E-state index in [0.717, 1.165) is 66.6 Å². The zero-order valence-electron chi connectivity index (χ0n) is 23.8. The first-order valence-electron chi connectivity index (χ1n) is 14.4. The number of hydrogen-bond acceptors (Lipinski definition) is 5. The topological polar surface area (TPSA) is 67.9 Å². The van der Waals surface area contributed by atoms with E-state index < -0.39 is 0 Å². The van der Waals surface area contributed by atoms with E-state index in [1.54, 1.807) is 4.90 Å². The highest BCUT2D eigenvalue weighted by atomic mass is 16.2. The molecule has 7 heteroatoms. The third kappa shape index (κ3) is 6.12. The Kier molecular flexibility index (Phi) is 8.12. The quantitative estimate of drug-likeness (QED) is 0.284. The van der Waals surface area contributed by atoms with Crippen molar-refractivity contribution in [2.75, 3.05) is 55.3 Å². The molecule has 42 heavy (non-hydrogen) atoms. The summed E-state index contributed by atoms with van der Waals surface area (Å²) in [6, 6.07) is 35.9. The van der Waals surface area contributed by atoms with Gasteiger partial charge in [0, 0.05) is 62.4 Å². The minimum absolute atomic E-state index is 0.0681. The minimum Gasteiger partial charge on any atom is -0.354 e. The summed E-state index contributed by atoms with van der Waals surface area (Å²) in [4.78, 5) is 32.6. The molecule has 0 radical (unpaired) electrons. The summed E-state index contributed by atoms with van der Waals surface area (Å²) in [5.74, 6) is -0.0658. The number of piperazine rings is 1. The van der Waals surface area contributed by atoms with E-state index in [1.165, 1.54) is 5.56 Å². The zero-order valence-corrected chi connectivity index (χ0v) is 23.8. The number of likely N-dealkylation sites (N-methyl/N-ethyl adjacent to an activating group) is 1. The van der Waals surface area contributed by atoms with Crippen molar-refractivity contribution in [1.82, 2.24) is 9.80 Å². The molecule has 2 heterocycles. The van der Waals surface area contributed by atoms with E-state index in [-0.39, 0.29) is 11.8 Å². The van der Waals surface area contributed by atoms with E-state index in [0.29, 0.717) is 12.1 Å². The smallest absolute Gasteiger partial charge is 0.258 e. The van der Waals surface area contributed by atoms with Gasteiger partial charge in [-0.05, 0) is 41.5 Å². The molecular weight excluding hydrogens is 522 g/mol. The van der Waals surface area contributed by atoms with Crippen molar-refractivity contribution < 1.29 is 9.59 Å². The van der Waals surface area contributed by atoms with Crippen LogP contribution >= 0.6 is 0 Å². The highest BCUT2D eigenvalue weighted by molar-refractivity contribution is 6.37. The molecule has 1 saturated heterocycles. The van der Waals surface area contributed by atoms with Crippen LogP contribution in [0.4, 0.5) is 17.1 Å². The number of hydrogen-bond donors (Lipinski definition) is 2. The summed E-state index contributed by atoms with van der Waals surface area (Å²) < 4.78 is 0. The molecule has 0 aromatic heterocycles. The summed E-state index contributed by atoms with van der Waals surface area (Å²) in [5, 5.41) is 6.47. The van der Waals surface area contributed by atoms with Gasteiger partial charge < -0.3 is 15.5 Å². The molecule has 4 aromatic rings. The van der Waals surface area contributed by atoms with Crippen LogP contribution in [0.5, 0.6) is 0 Å². The maximum absolute atomic E-state index is 13.2. The van der Waals surface area contributed by atoms with Crippen molar-refractivity contribution >= 4 is 40.1 Å². The zero-order chi connectivity index (χ0) is 28.9. The number of nitrogens with zero attached hydrogens (tertiary/aromatic N) is 3. The number of rotatable bonds is 8. The van der Waals surface area contributed by atoms with Crippen molar-refractivity contribution in [3.8, 4) is 0 Å². The molecule has 2 aliphatic rings. The van der Waals surface area contributed by atoms with E-state index in [2.05, 4.69) is 44.7 Å². The predicted molar refractivity (Wildman–Crippen MR) is 170 cm³/mol. The van der Waals surface area contributed by atoms with Crippen LogP contribution in [0.2, 0.25) is 0 Å². The molecule has 0 saturated carbocycles. The lowest BCUT2D eigenvalue weighted by atomic mass is 10.00. The molecule has 2 amide bonds. The largest absolute Gasteiger partial charge is 0.354 e. The summed E-state index contributed by atoms with van der Waals surface area (Å²) >= 11 is 0. The van der Waals surface area contributed by atoms with Gasteiger partial charge in [-0.2, -0.15) is 0 Å². The molecule has 7 nitrogen and oxygen atoms in total. The molecule has 2 N–H and O–H groups in total. The molecule has 0 atom stereocenters. The second-order valence-corrected chi connectivity index (χ2v) is 10.8. The third-order valence-electron chi connectivity index (χ3n) is 7.95. The molecule has 1 fully saturated rings. The van der Waals surface area contributed by atoms with Crippen molar-refractivity contribution in [3.05, 3.63) is 126 Å². The summed E-state index contributed by atoms with van der Waals surface area (Å²) in [6.45, 7) is 5.01. The summed E-state index contributed by atoms with van der Waals surface area (Å²) in [6.07, 6.45) is 0. The van der Waals surface area contributed by atoms with Gasteiger partial charge >= 0.3 is 0 Å². The Balaban J connectivity index is 1.11. The lowest BCUT2D eigenvalue weighted by Gasteiger charge is -2.35. The molecule has 0 bridgehead atoms. The number of para-hydroxylation sites is 1. The van der Waals surface area contributed by atoms with Gasteiger partial charge in [0.15, 0.2) is 0 Å². The van der Waals surface area contributed by atoms with Gasteiger partial charge in [-0.25, -0.2) is 0 Å². The first kappa shape index (κ1) is 27.4. The maximum atomic E-state index is 13.2. The molecule has 4 aromatic carbocycles. The van der Waals surface area contributed by atoms with Gasteiger partial charge in [-0.1, -0.05) is 78.9 Å². The van der Waals surface area contributed by atoms with E-state index in [9.17, 15) is 9.59 Å². The highest BCUT2D eigenvalue weighted by Gasteiger charge is 2.28. The second-order valence-electron chi connectivity index (χ2n) is 10.8. The van der Waals surface area contributed by atoms with E-state index in [1.807, 2.05) is 92.0 Å². The Morgan fingerprint density at radius 1 is 0.786 bits per heavy atom. The average molecular weight is 558 g/mol. The van der Waals surface area contributed by atoms with Crippen LogP contribution in [0.3, 0.4) is 0 Å². The molecule has 2 aliphatic heterocycles. The standard InChI is InChI=1S/C35H35N5O2/c1-38(32(41)25-40-22-20-39(21-23-40)24-26-10-4-2-5-11-26)29-18-16-28(17-19-29)36-34(27-12-6-3-7-13-27)33-30-14-8-9-15-31(30)37-35(33)42/h2-19,36H,20-25H2,1H3,(H,37,42). The first-order chi connectivity index (χ1) is 20.5. The normalized spacial score (nSPS) is 16.5. The number of fused-ring (bicyclic) bond motifs is 1. The average Bonchev–Trinajstić information content (AvgIpc) is 3.37. The van der Waals surface area contributed by atoms with Crippen LogP contribution < -0.4 is 15.5 Å². The van der Waals surface area contributed by atoms with Gasteiger partial charge in [0.1, 0.15) is 0 Å². The second kappa shape index (κ2) is 12.4. The lowest BCUT2D eigenvalue weighted by Crippen LogP contribution is -2.49. The Morgan fingerprint density at radius 2 is 1.40 bits per heavy atom. The monoisotopic (exact) mass is 557 g/mol. The molecule has 0 aliphatic carbocycles. The Labute approximate surface area is 247 Å². The van der Waals surface area contributed by atoms with Crippen LogP contribution in [0.25, 0.3) is 11.3 Å². The number of anilines is 3. The Bertz CT molecular complexity index is 1580. The van der Waals surface area contributed by atoms with E-state index in [4.69, 9.17) is 0 Å². The van der Waals surface area contributed by atoms with Crippen LogP contribution in [-0.2, 0) is 16.1 Å². The lowest BCUT2D eigenvalue weighted by molar-refractivity contribution is -0.120. The first-order valence-corrected chi connectivity index (χ1v) is 14.4. The van der Waals surface area contributed by atoms with Gasteiger partial charge in [-0.15, -0.1) is 0 Å². The van der Waals surface area contributed by atoms with Crippen LogP contribution in [0, 0.1) is 0 Å². The van der Waals surface area contributed by atoms with Crippen LogP contribution in [-0.4, -0.2) is 61.4 Å². The molecular formula is C35H35N5O2. The number of carbonyl (C=O) groups excluding carboxylic acids is 2. The van der Waals surface area contributed by atoms with Crippen molar-refractivity contribution in [2.24, 2.45) is 0 Å². The highest BCUT2D eigenvalue weighted by Crippen LogP contribution is 2.37. The molecule has 6 rings (SSSR count). The summed E-state index contributed by atoms with van der Waals surface area (Å²) in [5.41, 5.74) is 6.92. The molecule has 0 unspecified atom stereocenters. The number of carbonyl (C=O) groups is 2. The Hall–Kier alpha value is -4.72. The number of benzene rings is 4. The maximum Gasteiger partial charge on any atom is 0.258 e. The number of nitrogens with one attached hydrogen (secondary N) is 2. The SMILES string of the molecule is CN(C(=O)CN1CCN(Cc2ccccc2)CC1)c1ccc(NC(=C2C(=O)Nc3ccccc32)c2ccccc2)cc1. The summed E-state index contributed by atoms with van der Waals surface area (Å²) in [7, 11) is 1.83. The molecule has 212 valence electrons. The van der Waals surface area contributed by atoms with Crippen molar-refractivity contribution in [3.63, 3.8) is 0 Å². The van der Waals surface area contributed by atoms with Crippen molar-refractivity contribution in [1.29, 1.82) is 0 Å². The van der Waals surface area contributed by atoms with Gasteiger partial charge in [0.05, 0.1) is 17.8 Å². The van der Waals surface area contributed by atoms with Gasteiger partial charge in [0.2, 0.25) is 5.91 Å². The fraction of sp³-hybridized carbons (Fsp3) is 0.200. The fourth-order valence-electron chi connectivity index (χ4n) is 5.55. The molecule has 0 spiro atoms. The van der Waals surface area contributed by atoms with Crippen molar-refractivity contribution in [2.45, 2.75) is 6.54 Å². The van der Waals surface area contributed by atoms with Crippen LogP contribution in [0.15, 0.2) is 109 Å². The van der Waals surface area contributed by atoms with E-state index >= 15 is 0 Å². The third-order valence-corrected chi connectivity index (χ3v) is 7.95. The Morgan fingerprint density at radius 3 is 2.12 bits per heavy atom.